The number of ketones is 1. The van der Waals surface area contributed by atoms with E-state index in [0.29, 0.717) is 6.42 Å². The average molecular weight is 340 g/mol. The lowest BCUT2D eigenvalue weighted by molar-refractivity contribution is -0.156. The normalized spacial score (nSPS) is 11.1. The molecule has 0 rings (SSSR count). The third-order valence-corrected chi connectivity index (χ3v) is 2.89. The van der Waals surface area contributed by atoms with E-state index in [4.69, 9.17) is 14.2 Å². The van der Waals surface area contributed by atoms with E-state index >= 15 is 0 Å². The minimum Gasteiger partial charge on any atom is -0.462 e. The zero-order valence-corrected chi connectivity index (χ0v) is 14.4. The Kier molecular flexibility index (Phi) is 10.0. The van der Waals surface area contributed by atoms with Crippen molar-refractivity contribution in [2.45, 2.75) is 33.6 Å². The minimum absolute atomic E-state index is 0.185. The van der Waals surface area contributed by atoms with Gasteiger partial charge in [-0.15, -0.1) is 0 Å². The van der Waals surface area contributed by atoms with Crippen LogP contribution in [-0.2, 0) is 33.4 Å². The SMILES string of the molecule is C=C(C)C(=O)OCCOC(=O)C(C(=C)C(=O)OCCCC)C(C)=O. The highest BCUT2D eigenvalue weighted by Gasteiger charge is 2.32. The summed E-state index contributed by atoms with van der Waals surface area (Å²) >= 11 is 0. The van der Waals surface area contributed by atoms with Crippen molar-refractivity contribution in [2.24, 2.45) is 5.92 Å². The van der Waals surface area contributed by atoms with E-state index < -0.39 is 29.6 Å². The van der Waals surface area contributed by atoms with Crippen LogP contribution in [0, 0.1) is 5.92 Å². The second-order valence-corrected chi connectivity index (χ2v) is 5.14. The van der Waals surface area contributed by atoms with Gasteiger partial charge in [0, 0.05) is 5.57 Å². The molecule has 0 aromatic carbocycles. The van der Waals surface area contributed by atoms with Crippen molar-refractivity contribution in [3.63, 3.8) is 0 Å². The molecule has 0 aromatic heterocycles. The molecule has 0 amide bonds. The zero-order chi connectivity index (χ0) is 18.7. The van der Waals surface area contributed by atoms with Crippen LogP contribution in [0.1, 0.15) is 33.6 Å². The van der Waals surface area contributed by atoms with Gasteiger partial charge in [-0.05, 0) is 20.3 Å². The van der Waals surface area contributed by atoms with Gasteiger partial charge in [0.25, 0.3) is 0 Å². The van der Waals surface area contributed by atoms with Crippen molar-refractivity contribution < 1.29 is 33.4 Å². The summed E-state index contributed by atoms with van der Waals surface area (Å²) in [5.41, 5.74) is -0.0614. The van der Waals surface area contributed by atoms with E-state index in [1.54, 1.807) is 0 Å². The van der Waals surface area contributed by atoms with Crippen LogP contribution in [0.5, 0.6) is 0 Å². The molecule has 0 saturated carbocycles. The maximum Gasteiger partial charge on any atom is 0.334 e. The molecular formula is C17H24O7. The summed E-state index contributed by atoms with van der Waals surface area (Å²) < 4.78 is 14.5. The van der Waals surface area contributed by atoms with Gasteiger partial charge < -0.3 is 14.2 Å². The first kappa shape index (κ1) is 21.6. The Morgan fingerprint density at radius 1 is 0.875 bits per heavy atom. The molecule has 1 unspecified atom stereocenters. The van der Waals surface area contributed by atoms with Gasteiger partial charge in [0.15, 0.2) is 0 Å². The van der Waals surface area contributed by atoms with Crippen LogP contribution in [0.2, 0.25) is 0 Å². The number of carbonyl (C=O) groups excluding carboxylic acids is 4. The molecular weight excluding hydrogens is 316 g/mol. The van der Waals surface area contributed by atoms with Crippen LogP contribution in [0.4, 0.5) is 0 Å². The van der Waals surface area contributed by atoms with Gasteiger partial charge in [-0.3, -0.25) is 9.59 Å². The smallest absolute Gasteiger partial charge is 0.334 e. The van der Waals surface area contributed by atoms with Crippen molar-refractivity contribution in [2.75, 3.05) is 19.8 Å². The van der Waals surface area contributed by atoms with Crippen LogP contribution in [0.25, 0.3) is 0 Å². The summed E-state index contributed by atoms with van der Waals surface area (Å²) in [6.45, 7) is 11.2. The summed E-state index contributed by atoms with van der Waals surface area (Å²) in [4.78, 5) is 46.6. The molecule has 0 aliphatic heterocycles. The van der Waals surface area contributed by atoms with Crippen molar-refractivity contribution in [3.8, 4) is 0 Å². The Balaban J connectivity index is 4.53. The quantitative estimate of drug-likeness (QED) is 0.186. The highest BCUT2D eigenvalue weighted by Crippen LogP contribution is 2.15. The fourth-order valence-corrected chi connectivity index (χ4v) is 1.56. The van der Waals surface area contributed by atoms with Crippen molar-refractivity contribution in [1.29, 1.82) is 0 Å². The van der Waals surface area contributed by atoms with Gasteiger partial charge in [-0.25, -0.2) is 9.59 Å². The highest BCUT2D eigenvalue weighted by atomic mass is 16.6. The topological polar surface area (TPSA) is 96.0 Å². The first-order chi connectivity index (χ1) is 11.2. The maximum atomic E-state index is 12.0. The molecule has 7 heteroatoms. The lowest BCUT2D eigenvalue weighted by Gasteiger charge is -2.15. The van der Waals surface area contributed by atoms with E-state index in [2.05, 4.69) is 13.2 Å². The van der Waals surface area contributed by atoms with Crippen LogP contribution in [0.3, 0.4) is 0 Å². The predicted octanol–water partition coefficient (Wildman–Crippen LogP) is 1.75. The summed E-state index contributed by atoms with van der Waals surface area (Å²) in [5.74, 6) is -4.38. The third kappa shape index (κ3) is 7.71. The van der Waals surface area contributed by atoms with Crippen molar-refractivity contribution >= 4 is 23.7 Å². The van der Waals surface area contributed by atoms with Crippen molar-refractivity contribution in [3.05, 3.63) is 24.3 Å². The van der Waals surface area contributed by atoms with Crippen LogP contribution in [-0.4, -0.2) is 43.5 Å². The molecule has 0 aromatic rings. The van der Waals surface area contributed by atoms with E-state index in [1.165, 1.54) is 6.92 Å². The van der Waals surface area contributed by atoms with Crippen LogP contribution < -0.4 is 0 Å². The Hall–Kier alpha value is -2.44. The van der Waals surface area contributed by atoms with E-state index in [1.807, 2.05) is 6.92 Å². The van der Waals surface area contributed by atoms with Gasteiger partial charge in [0.05, 0.1) is 12.2 Å². The molecule has 0 fully saturated rings. The molecule has 0 N–H and O–H groups in total. The molecule has 0 heterocycles. The molecule has 0 spiro atoms. The van der Waals surface area contributed by atoms with Gasteiger partial charge in [-0.2, -0.15) is 0 Å². The predicted molar refractivity (Wildman–Crippen MR) is 85.9 cm³/mol. The number of ether oxygens (including phenoxy) is 3. The standard InChI is InChI=1S/C17H24O7/c1-6-7-8-22-16(20)12(4)14(13(5)18)17(21)24-10-9-23-15(19)11(2)3/h14H,2,4,6-10H2,1,3,5H3. The molecule has 0 aliphatic rings. The monoisotopic (exact) mass is 340 g/mol. The number of esters is 3. The molecule has 7 nitrogen and oxygen atoms in total. The Bertz CT molecular complexity index is 519. The number of unbranched alkanes of at least 4 members (excludes halogenated alkanes) is 1. The fourth-order valence-electron chi connectivity index (χ4n) is 1.56. The summed E-state index contributed by atoms with van der Waals surface area (Å²) in [6, 6.07) is 0. The Morgan fingerprint density at radius 2 is 1.42 bits per heavy atom. The second kappa shape index (κ2) is 11.2. The number of Topliss-reactive ketones (excluding diaryl/α,β-unsaturated/α-hetero) is 1. The summed E-state index contributed by atoms with van der Waals surface area (Å²) in [7, 11) is 0. The molecule has 0 bridgehead atoms. The first-order valence-corrected chi connectivity index (χ1v) is 7.58. The van der Waals surface area contributed by atoms with Gasteiger partial charge >= 0.3 is 17.9 Å². The fraction of sp³-hybridized carbons (Fsp3) is 0.529. The average Bonchev–Trinajstić information content (AvgIpc) is 2.50. The third-order valence-electron chi connectivity index (χ3n) is 2.89. The number of hydrogen-bond acceptors (Lipinski definition) is 7. The van der Waals surface area contributed by atoms with E-state index in [0.717, 1.165) is 13.3 Å². The number of carbonyl (C=O) groups is 4. The van der Waals surface area contributed by atoms with Crippen LogP contribution >= 0.6 is 0 Å². The molecule has 0 aliphatic carbocycles. The maximum absolute atomic E-state index is 12.0. The lowest BCUT2D eigenvalue weighted by Crippen LogP contribution is -2.31. The van der Waals surface area contributed by atoms with E-state index in [9.17, 15) is 19.2 Å². The van der Waals surface area contributed by atoms with Crippen molar-refractivity contribution in [1.82, 2.24) is 0 Å². The van der Waals surface area contributed by atoms with Crippen LogP contribution in [0.15, 0.2) is 24.3 Å². The van der Waals surface area contributed by atoms with Gasteiger partial charge in [0.1, 0.15) is 24.9 Å². The Morgan fingerprint density at radius 3 is 1.92 bits per heavy atom. The highest BCUT2D eigenvalue weighted by molar-refractivity contribution is 6.08. The Labute approximate surface area is 141 Å². The zero-order valence-electron chi connectivity index (χ0n) is 14.4. The minimum atomic E-state index is -1.43. The largest absolute Gasteiger partial charge is 0.462 e. The summed E-state index contributed by atoms with van der Waals surface area (Å²) in [5, 5.41) is 0. The van der Waals surface area contributed by atoms with Gasteiger partial charge in [-0.1, -0.05) is 26.5 Å². The molecule has 1 atom stereocenters. The number of rotatable bonds is 11. The lowest BCUT2D eigenvalue weighted by atomic mass is 9.97. The summed E-state index contributed by atoms with van der Waals surface area (Å²) in [6.07, 6.45) is 1.50. The first-order valence-electron chi connectivity index (χ1n) is 7.58. The molecule has 134 valence electrons. The second-order valence-electron chi connectivity index (χ2n) is 5.14. The number of hydrogen-bond donors (Lipinski definition) is 0. The van der Waals surface area contributed by atoms with E-state index in [-0.39, 0.29) is 31.0 Å². The molecule has 0 saturated heterocycles. The van der Waals surface area contributed by atoms with Gasteiger partial charge in [0.2, 0.25) is 0 Å². The molecule has 0 radical (unpaired) electrons. The molecule has 24 heavy (non-hydrogen) atoms.